The Labute approximate surface area is 196 Å². The molecule has 3 rings (SSSR count). The molecule has 2 N–H and O–H groups in total. The SMILES string of the molecule is CC[C@@H](C)C(=O)N[C@H](C(=O)N1Cc2ncccc2[C@H]1C(=O)Nc1c(C)cccc1C)C(C)C. The van der Waals surface area contributed by atoms with Crippen LogP contribution in [0.2, 0.25) is 0 Å². The van der Waals surface area contributed by atoms with Crippen molar-refractivity contribution in [3.8, 4) is 0 Å². The second-order valence-electron chi connectivity index (χ2n) is 9.20. The van der Waals surface area contributed by atoms with Crippen molar-refractivity contribution in [2.45, 2.75) is 66.6 Å². The fourth-order valence-corrected chi connectivity index (χ4v) is 4.12. The zero-order chi connectivity index (χ0) is 24.3. The number of carbonyl (C=O) groups is 3. The Morgan fingerprint density at radius 2 is 1.76 bits per heavy atom. The van der Waals surface area contributed by atoms with Crippen molar-refractivity contribution in [3.63, 3.8) is 0 Å². The van der Waals surface area contributed by atoms with E-state index in [1.807, 2.05) is 65.8 Å². The number of anilines is 1. The average molecular weight is 451 g/mol. The highest BCUT2D eigenvalue weighted by Crippen LogP contribution is 2.35. The number of pyridine rings is 1. The first-order valence-corrected chi connectivity index (χ1v) is 11.6. The fraction of sp³-hybridized carbons (Fsp3) is 0.462. The summed E-state index contributed by atoms with van der Waals surface area (Å²) in [5.74, 6) is -1.05. The second-order valence-corrected chi connectivity index (χ2v) is 9.20. The summed E-state index contributed by atoms with van der Waals surface area (Å²) in [4.78, 5) is 45.8. The molecule has 33 heavy (non-hydrogen) atoms. The van der Waals surface area contributed by atoms with Crippen LogP contribution in [-0.4, -0.2) is 33.6 Å². The number of hydrogen-bond acceptors (Lipinski definition) is 4. The van der Waals surface area contributed by atoms with Crippen LogP contribution in [0.15, 0.2) is 36.5 Å². The Balaban J connectivity index is 1.93. The van der Waals surface area contributed by atoms with Crippen molar-refractivity contribution in [2.75, 3.05) is 5.32 Å². The number of rotatable bonds is 7. The number of para-hydroxylation sites is 1. The molecule has 7 nitrogen and oxygen atoms in total. The van der Waals surface area contributed by atoms with Crippen LogP contribution in [-0.2, 0) is 20.9 Å². The van der Waals surface area contributed by atoms with Crippen LogP contribution in [0.5, 0.6) is 0 Å². The molecule has 0 radical (unpaired) electrons. The van der Waals surface area contributed by atoms with E-state index in [0.29, 0.717) is 17.7 Å². The largest absolute Gasteiger partial charge is 0.344 e. The van der Waals surface area contributed by atoms with Crippen LogP contribution in [0.4, 0.5) is 5.69 Å². The summed E-state index contributed by atoms with van der Waals surface area (Å²) in [5, 5.41) is 5.95. The lowest BCUT2D eigenvalue weighted by Gasteiger charge is -2.31. The van der Waals surface area contributed by atoms with E-state index in [-0.39, 0.29) is 36.1 Å². The zero-order valence-corrected chi connectivity index (χ0v) is 20.3. The third kappa shape index (κ3) is 5.07. The van der Waals surface area contributed by atoms with Gasteiger partial charge in [0.2, 0.25) is 11.8 Å². The highest BCUT2D eigenvalue weighted by atomic mass is 16.2. The number of amides is 3. The van der Waals surface area contributed by atoms with Crippen molar-refractivity contribution in [3.05, 3.63) is 58.9 Å². The van der Waals surface area contributed by atoms with Crippen LogP contribution < -0.4 is 10.6 Å². The minimum Gasteiger partial charge on any atom is -0.344 e. The molecule has 7 heteroatoms. The quantitative estimate of drug-likeness (QED) is 0.669. The Morgan fingerprint density at radius 3 is 2.36 bits per heavy atom. The molecule has 176 valence electrons. The Bertz CT molecular complexity index is 1030. The van der Waals surface area contributed by atoms with E-state index in [1.54, 1.807) is 17.2 Å². The van der Waals surface area contributed by atoms with E-state index in [2.05, 4.69) is 15.6 Å². The molecule has 0 aliphatic carbocycles. The van der Waals surface area contributed by atoms with E-state index in [1.165, 1.54) is 0 Å². The Kier molecular flexibility index (Phi) is 7.51. The number of nitrogens with zero attached hydrogens (tertiary/aromatic N) is 2. The van der Waals surface area contributed by atoms with Gasteiger partial charge in [-0.2, -0.15) is 0 Å². The van der Waals surface area contributed by atoms with E-state index in [0.717, 1.165) is 16.8 Å². The molecule has 1 aliphatic rings. The number of benzene rings is 1. The van der Waals surface area contributed by atoms with E-state index < -0.39 is 12.1 Å². The molecule has 0 saturated heterocycles. The summed E-state index contributed by atoms with van der Waals surface area (Å²) in [5.41, 5.74) is 4.06. The van der Waals surface area contributed by atoms with Gasteiger partial charge in [0, 0.05) is 23.4 Å². The molecule has 3 atom stereocenters. The Morgan fingerprint density at radius 1 is 1.09 bits per heavy atom. The number of fused-ring (bicyclic) bond motifs is 1. The lowest BCUT2D eigenvalue weighted by Crippen LogP contribution is -2.52. The summed E-state index contributed by atoms with van der Waals surface area (Å²) in [6.45, 7) is 11.7. The predicted molar refractivity (Wildman–Crippen MR) is 128 cm³/mol. The van der Waals surface area contributed by atoms with Gasteiger partial charge in [-0.1, -0.05) is 52.0 Å². The summed E-state index contributed by atoms with van der Waals surface area (Å²) in [6.07, 6.45) is 2.35. The predicted octanol–water partition coefficient (Wildman–Crippen LogP) is 3.91. The number of aryl methyl sites for hydroxylation is 2. The number of hydrogen-bond donors (Lipinski definition) is 2. The summed E-state index contributed by atoms with van der Waals surface area (Å²) in [7, 11) is 0. The average Bonchev–Trinajstić information content (AvgIpc) is 3.18. The van der Waals surface area contributed by atoms with E-state index in [9.17, 15) is 14.4 Å². The molecular weight excluding hydrogens is 416 g/mol. The van der Waals surface area contributed by atoms with Crippen molar-refractivity contribution >= 4 is 23.4 Å². The molecule has 1 aliphatic heterocycles. The summed E-state index contributed by atoms with van der Waals surface area (Å²) >= 11 is 0. The topological polar surface area (TPSA) is 91.4 Å². The van der Waals surface area contributed by atoms with Crippen LogP contribution in [0.25, 0.3) is 0 Å². The van der Waals surface area contributed by atoms with Gasteiger partial charge in [-0.05, 0) is 43.4 Å². The van der Waals surface area contributed by atoms with Crippen LogP contribution in [0.1, 0.15) is 62.5 Å². The summed E-state index contributed by atoms with van der Waals surface area (Å²) in [6, 6.07) is 7.89. The molecule has 0 unspecified atom stereocenters. The molecule has 1 aromatic heterocycles. The van der Waals surface area contributed by atoms with E-state index in [4.69, 9.17) is 0 Å². The number of aromatic nitrogens is 1. The van der Waals surface area contributed by atoms with Gasteiger partial charge in [-0.15, -0.1) is 0 Å². The van der Waals surface area contributed by atoms with Crippen molar-refractivity contribution < 1.29 is 14.4 Å². The maximum absolute atomic E-state index is 13.7. The fourth-order valence-electron chi connectivity index (χ4n) is 4.12. The van der Waals surface area contributed by atoms with Crippen molar-refractivity contribution in [2.24, 2.45) is 11.8 Å². The minimum absolute atomic E-state index is 0.135. The normalized spacial score (nSPS) is 16.8. The molecule has 3 amide bonds. The highest BCUT2D eigenvalue weighted by Gasteiger charge is 2.42. The zero-order valence-electron chi connectivity index (χ0n) is 20.3. The second kappa shape index (κ2) is 10.1. The van der Waals surface area contributed by atoms with Gasteiger partial charge < -0.3 is 15.5 Å². The molecule has 2 heterocycles. The first-order chi connectivity index (χ1) is 15.6. The molecule has 0 spiro atoms. The first kappa shape index (κ1) is 24.4. The van der Waals surface area contributed by atoms with Crippen molar-refractivity contribution in [1.82, 2.24) is 15.2 Å². The number of carbonyl (C=O) groups excluding carboxylic acids is 3. The first-order valence-electron chi connectivity index (χ1n) is 11.6. The van der Waals surface area contributed by atoms with Crippen LogP contribution in [0.3, 0.4) is 0 Å². The summed E-state index contributed by atoms with van der Waals surface area (Å²) < 4.78 is 0. The number of nitrogens with one attached hydrogen (secondary N) is 2. The van der Waals surface area contributed by atoms with Crippen LogP contribution in [0, 0.1) is 25.7 Å². The van der Waals surface area contributed by atoms with Crippen molar-refractivity contribution in [1.29, 1.82) is 0 Å². The minimum atomic E-state index is -0.818. The lowest BCUT2D eigenvalue weighted by molar-refractivity contribution is -0.143. The van der Waals surface area contributed by atoms with Gasteiger partial charge in [0.15, 0.2) is 0 Å². The van der Waals surface area contributed by atoms with Gasteiger partial charge in [0.05, 0.1) is 12.2 Å². The van der Waals surface area contributed by atoms with Gasteiger partial charge in [0.25, 0.3) is 5.91 Å². The lowest BCUT2D eigenvalue weighted by atomic mass is 9.99. The molecule has 2 aromatic rings. The standard InChI is InChI=1S/C26H34N4O3/c1-7-16(4)24(31)28-21(15(2)3)26(33)30-14-20-19(12-9-13-27-20)23(30)25(32)29-22-17(5)10-8-11-18(22)6/h8-13,15-16,21,23H,7,14H2,1-6H3,(H,28,31)(H,29,32)/t16-,21+,23+/m1/s1. The molecule has 1 aromatic carbocycles. The van der Waals surface area contributed by atoms with Gasteiger partial charge in [-0.25, -0.2) is 0 Å². The molecular formula is C26H34N4O3. The van der Waals surface area contributed by atoms with Gasteiger partial charge in [0.1, 0.15) is 12.1 Å². The maximum Gasteiger partial charge on any atom is 0.251 e. The monoisotopic (exact) mass is 450 g/mol. The van der Waals surface area contributed by atoms with Crippen LogP contribution >= 0.6 is 0 Å². The molecule has 0 saturated carbocycles. The van der Waals surface area contributed by atoms with Gasteiger partial charge >= 0.3 is 0 Å². The Hall–Kier alpha value is -3.22. The maximum atomic E-state index is 13.7. The third-order valence-corrected chi connectivity index (χ3v) is 6.40. The third-order valence-electron chi connectivity index (χ3n) is 6.40. The van der Waals surface area contributed by atoms with Gasteiger partial charge in [-0.3, -0.25) is 19.4 Å². The molecule has 0 fully saturated rings. The highest BCUT2D eigenvalue weighted by molar-refractivity contribution is 6.00. The van der Waals surface area contributed by atoms with E-state index >= 15 is 0 Å². The smallest absolute Gasteiger partial charge is 0.251 e. The molecule has 0 bridgehead atoms.